The zero-order valence-electron chi connectivity index (χ0n) is 5.76. The monoisotopic (exact) mass is 168 g/mol. The fourth-order valence-corrected chi connectivity index (χ4v) is 0.642. The van der Waals surface area contributed by atoms with Crippen LogP contribution < -0.4 is 11.5 Å². The molecule has 2 rings (SSSR count). The van der Waals surface area contributed by atoms with E-state index >= 15 is 0 Å². The Hall–Kier alpha value is -2.12. The van der Waals surface area contributed by atoms with Crippen LogP contribution >= 0.6 is 0 Å². The van der Waals surface area contributed by atoms with Gasteiger partial charge < -0.3 is 20.3 Å². The predicted molar refractivity (Wildman–Crippen MR) is 36.4 cm³/mol. The number of nitrogens with zero attached hydrogens (tertiary/aromatic N) is 4. The normalized spacial score (nSPS) is 10.3. The lowest BCUT2D eigenvalue weighted by molar-refractivity contribution is 0.526. The minimum atomic E-state index is -0.0678. The minimum absolute atomic E-state index is 0.0525. The average Bonchev–Trinajstić information content (AvgIpc) is 2.58. The lowest BCUT2D eigenvalue weighted by atomic mass is 10.7. The van der Waals surface area contributed by atoms with Gasteiger partial charge in [-0.3, -0.25) is 0 Å². The van der Waals surface area contributed by atoms with Gasteiger partial charge in [0.2, 0.25) is 0 Å². The summed E-state index contributed by atoms with van der Waals surface area (Å²) >= 11 is 0. The third kappa shape index (κ3) is 0.944. The Morgan fingerprint density at radius 1 is 0.750 bits per heavy atom. The van der Waals surface area contributed by atoms with Crippen LogP contribution in [-0.4, -0.2) is 20.4 Å². The highest BCUT2D eigenvalue weighted by atomic mass is 16.4. The van der Waals surface area contributed by atoms with Crippen LogP contribution in [0.5, 0.6) is 0 Å². The van der Waals surface area contributed by atoms with E-state index in [0.29, 0.717) is 0 Å². The van der Waals surface area contributed by atoms with Gasteiger partial charge in [-0.05, 0) is 0 Å². The molecule has 8 heteroatoms. The lowest BCUT2D eigenvalue weighted by Crippen LogP contribution is -1.81. The molecule has 0 amide bonds. The van der Waals surface area contributed by atoms with Crippen molar-refractivity contribution in [2.75, 3.05) is 11.5 Å². The molecule has 0 fully saturated rings. The molecule has 0 atom stereocenters. The van der Waals surface area contributed by atoms with Crippen molar-refractivity contribution in [1.82, 2.24) is 20.4 Å². The molecule has 0 spiro atoms. The van der Waals surface area contributed by atoms with Gasteiger partial charge >= 0.3 is 23.8 Å². The van der Waals surface area contributed by atoms with E-state index in [4.69, 9.17) is 20.3 Å². The molecule has 0 saturated heterocycles. The maximum Gasteiger partial charge on any atom is 0.313 e. The lowest BCUT2D eigenvalue weighted by Gasteiger charge is -1.80. The van der Waals surface area contributed by atoms with Gasteiger partial charge in [-0.2, -0.15) is 0 Å². The standard InChI is InChI=1S/C4H4N6O2/c5-3-9-7-1(11-3)2-8-10-4(6)12-2/h(H2,5,9)(H2,6,10). The summed E-state index contributed by atoms with van der Waals surface area (Å²) in [5, 5.41) is 13.8. The topological polar surface area (TPSA) is 130 Å². The van der Waals surface area contributed by atoms with Gasteiger partial charge in [-0.15, -0.1) is 10.2 Å². The summed E-state index contributed by atoms with van der Waals surface area (Å²) in [4.78, 5) is 0. The number of nitrogen functional groups attached to an aromatic ring is 2. The molecule has 62 valence electrons. The number of hydrogen-bond donors (Lipinski definition) is 2. The van der Waals surface area contributed by atoms with E-state index in [0.717, 1.165) is 0 Å². The van der Waals surface area contributed by atoms with Crippen molar-refractivity contribution in [2.24, 2.45) is 0 Å². The smallest absolute Gasteiger partial charge is 0.313 e. The molecule has 0 radical (unpaired) electrons. The van der Waals surface area contributed by atoms with Gasteiger partial charge in [0.15, 0.2) is 0 Å². The van der Waals surface area contributed by atoms with Crippen LogP contribution in [0.3, 0.4) is 0 Å². The van der Waals surface area contributed by atoms with E-state index in [1.54, 1.807) is 0 Å². The summed E-state index contributed by atoms with van der Waals surface area (Å²) in [6.07, 6.45) is 0. The van der Waals surface area contributed by atoms with Crippen LogP contribution in [-0.2, 0) is 0 Å². The van der Waals surface area contributed by atoms with Gasteiger partial charge in [0.25, 0.3) is 0 Å². The van der Waals surface area contributed by atoms with Crippen LogP contribution in [0.2, 0.25) is 0 Å². The highest BCUT2D eigenvalue weighted by Gasteiger charge is 2.12. The summed E-state index contributed by atoms with van der Waals surface area (Å²) in [5.41, 5.74) is 10.3. The average molecular weight is 168 g/mol. The number of hydrogen-bond acceptors (Lipinski definition) is 8. The summed E-state index contributed by atoms with van der Waals surface area (Å²) < 4.78 is 9.57. The van der Waals surface area contributed by atoms with Gasteiger partial charge in [0.1, 0.15) is 0 Å². The number of nitrogens with two attached hydrogens (primary N) is 2. The molecule has 4 N–H and O–H groups in total. The van der Waals surface area contributed by atoms with E-state index in [1.807, 2.05) is 0 Å². The number of aromatic nitrogens is 4. The summed E-state index contributed by atoms with van der Waals surface area (Å²) in [6.45, 7) is 0. The highest BCUT2D eigenvalue weighted by molar-refractivity contribution is 5.38. The molecule has 0 aliphatic rings. The quantitative estimate of drug-likeness (QED) is 0.570. The molecule has 0 unspecified atom stereocenters. The fraction of sp³-hybridized carbons (Fsp3) is 0. The zero-order valence-corrected chi connectivity index (χ0v) is 5.76. The third-order valence-electron chi connectivity index (χ3n) is 1.06. The van der Waals surface area contributed by atoms with Crippen molar-refractivity contribution in [3.8, 4) is 11.8 Å². The Kier molecular flexibility index (Phi) is 1.20. The summed E-state index contributed by atoms with van der Waals surface area (Å²) in [5.74, 6) is 0.105. The fourth-order valence-electron chi connectivity index (χ4n) is 0.642. The Bertz CT molecular complexity index is 353. The second-order valence-electron chi connectivity index (χ2n) is 1.89. The Morgan fingerprint density at radius 3 is 1.42 bits per heavy atom. The van der Waals surface area contributed by atoms with E-state index < -0.39 is 0 Å². The van der Waals surface area contributed by atoms with Crippen molar-refractivity contribution in [2.45, 2.75) is 0 Å². The van der Waals surface area contributed by atoms with Crippen molar-refractivity contribution in [3.63, 3.8) is 0 Å². The first-order valence-electron chi connectivity index (χ1n) is 2.94. The molecule has 2 aromatic heterocycles. The molecule has 0 aromatic carbocycles. The maximum atomic E-state index is 5.16. The molecule has 0 saturated carbocycles. The van der Waals surface area contributed by atoms with E-state index in [-0.39, 0.29) is 23.8 Å². The predicted octanol–water partition coefficient (Wildman–Crippen LogP) is -0.716. The SMILES string of the molecule is Nc1nnc(-c2nnc(N)o2)o1. The van der Waals surface area contributed by atoms with Crippen LogP contribution in [0.1, 0.15) is 0 Å². The Labute approximate surface area is 65.6 Å². The molecule has 0 aliphatic heterocycles. The number of rotatable bonds is 1. The maximum absolute atomic E-state index is 5.16. The van der Waals surface area contributed by atoms with E-state index in [2.05, 4.69) is 20.4 Å². The van der Waals surface area contributed by atoms with Crippen LogP contribution in [0.15, 0.2) is 8.83 Å². The second-order valence-corrected chi connectivity index (χ2v) is 1.89. The molecule has 0 bridgehead atoms. The van der Waals surface area contributed by atoms with Crippen molar-refractivity contribution in [1.29, 1.82) is 0 Å². The van der Waals surface area contributed by atoms with Crippen molar-refractivity contribution >= 4 is 12.0 Å². The largest absolute Gasteiger partial charge is 0.399 e. The molecule has 12 heavy (non-hydrogen) atoms. The third-order valence-corrected chi connectivity index (χ3v) is 1.06. The molecule has 0 aliphatic carbocycles. The Morgan fingerprint density at radius 2 is 1.17 bits per heavy atom. The van der Waals surface area contributed by atoms with Crippen LogP contribution in [0.25, 0.3) is 11.8 Å². The highest BCUT2D eigenvalue weighted by Crippen LogP contribution is 2.16. The first-order chi connectivity index (χ1) is 5.75. The van der Waals surface area contributed by atoms with Gasteiger partial charge in [-0.1, -0.05) is 10.2 Å². The molecular formula is C4H4N6O2. The van der Waals surface area contributed by atoms with Crippen molar-refractivity contribution in [3.05, 3.63) is 0 Å². The second kappa shape index (κ2) is 2.19. The van der Waals surface area contributed by atoms with Gasteiger partial charge in [0, 0.05) is 0 Å². The summed E-state index contributed by atoms with van der Waals surface area (Å²) in [7, 11) is 0. The zero-order chi connectivity index (χ0) is 8.55. The molecule has 2 heterocycles. The summed E-state index contributed by atoms with van der Waals surface area (Å²) in [6, 6.07) is -0.136. The van der Waals surface area contributed by atoms with E-state index in [9.17, 15) is 0 Å². The first kappa shape index (κ1) is 6.58. The molecule has 8 nitrogen and oxygen atoms in total. The molecular weight excluding hydrogens is 164 g/mol. The molecule has 2 aromatic rings. The Balaban J connectivity index is 2.43. The first-order valence-corrected chi connectivity index (χ1v) is 2.94. The van der Waals surface area contributed by atoms with Crippen molar-refractivity contribution < 1.29 is 8.83 Å². The van der Waals surface area contributed by atoms with E-state index in [1.165, 1.54) is 0 Å². The van der Waals surface area contributed by atoms with Gasteiger partial charge in [-0.25, -0.2) is 0 Å². The number of anilines is 2. The van der Waals surface area contributed by atoms with Crippen LogP contribution in [0.4, 0.5) is 12.0 Å². The minimum Gasteiger partial charge on any atom is -0.399 e. The van der Waals surface area contributed by atoms with Crippen LogP contribution in [0, 0.1) is 0 Å². The van der Waals surface area contributed by atoms with Gasteiger partial charge in [0.05, 0.1) is 0 Å².